The highest BCUT2D eigenvalue weighted by Gasteiger charge is 2.14. The van der Waals surface area contributed by atoms with E-state index in [1.165, 1.54) is 20.3 Å². The third kappa shape index (κ3) is 4.53. The second-order valence-electron chi connectivity index (χ2n) is 6.42. The molecule has 0 spiro atoms. The van der Waals surface area contributed by atoms with Gasteiger partial charge in [0.25, 0.3) is 0 Å². The average molecular weight is 394 g/mol. The zero-order valence-corrected chi connectivity index (χ0v) is 15.0. The maximum Gasteiger partial charge on any atom is 0.0500 e. The van der Waals surface area contributed by atoms with Gasteiger partial charge in [0.05, 0.1) is 0 Å². The lowest BCUT2D eigenvalue weighted by atomic mass is 9.86. The van der Waals surface area contributed by atoms with Gasteiger partial charge in [-0.1, -0.05) is 57.2 Å². The molecule has 0 saturated carbocycles. The van der Waals surface area contributed by atoms with Crippen LogP contribution < -0.4 is 11.3 Å². The topological polar surface area (TPSA) is 38.0 Å². The molecule has 3 N–H and O–H groups in total. The number of halogens is 1. The van der Waals surface area contributed by atoms with Crippen LogP contribution in [-0.4, -0.2) is 0 Å². The van der Waals surface area contributed by atoms with Crippen LogP contribution in [0, 0.1) is 3.57 Å². The van der Waals surface area contributed by atoms with E-state index in [2.05, 4.69) is 97.3 Å². The van der Waals surface area contributed by atoms with Gasteiger partial charge in [0, 0.05) is 9.61 Å². The van der Waals surface area contributed by atoms with Crippen LogP contribution in [-0.2, 0) is 11.8 Å². The van der Waals surface area contributed by atoms with E-state index in [0.29, 0.717) is 0 Å². The molecule has 0 amide bonds. The fourth-order valence-electron chi connectivity index (χ4n) is 2.34. The first kappa shape index (κ1) is 16.5. The van der Waals surface area contributed by atoms with Crippen molar-refractivity contribution in [1.29, 1.82) is 0 Å². The minimum absolute atomic E-state index is 0.141. The van der Waals surface area contributed by atoms with Gasteiger partial charge in [-0.3, -0.25) is 11.3 Å². The predicted octanol–water partition coefficient (Wildman–Crippen LogP) is 4.34. The van der Waals surface area contributed by atoms with Gasteiger partial charge in [-0.2, -0.15) is 0 Å². The van der Waals surface area contributed by atoms with Crippen molar-refractivity contribution in [2.45, 2.75) is 38.6 Å². The number of hydrogen-bond donors (Lipinski definition) is 2. The lowest BCUT2D eigenvalue weighted by Gasteiger charge is -2.20. The van der Waals surface area contributed by atoms with Crippen molar-refractivity contribution in [2.24, 2.45) is 5.84 Å². The fraction of sp³-hybridized carbons (Fsp3) is 0.333. The number of hydrogen-bond acceptors (Lipinski definition) is 2. The second kappa shape index (κ2) is 6.90. The van der Waals surface area contributed by atoms with Gasteiger partial charge in [-0.05, 0) is 63.2 Å². The number of nitrogens with one attached hydrogen (secondary N) is 1. The van der Waals surface area contributed by atoms with Crippen LogP contribution in [0.1, 0.15) is 43.5 Å². The highest BCUT2D eigenvalue weighted by molar-refractivity contribution is 14.1. The highest BCUT2D eigenvalue weighted by Crippen LogP contribution is 2.24. The van der Waals surface area contributed by atoms with Crippen molar-refractivity contribution in [3.05, 3.63) is 68.8 Å². The Bertz CT molecular complexity index is 568. The summed E-state index contributed by atoms with van der Waals surface area (Å²) in [5.41, 5.74) is 7.00. The molecule has 1 atom stereocenters. The molecule has 0 heterocycles. The van der Waals surface area contributed by atoms with Crippen LogP contribution in [0.4, 0.5) is 0 Å². The molecule has 0 saturated heterocycles. The largest absolute Gasteiger partial charge is 0.271 e. The van der Waals surface area contributed by atoms with Crippen LogP contribution >= 0.6 is 22.6 Å². The van der Waals surface area contributed by atoms with Crippen molar-refractivity contribution >= 4 is 22.6 Å². The maximum absolute atomic E-state index is 5.74. The normalized spacial score (nSPS) is 13.2. The van der Waals surface area contributed by atoms with E-state index in [4.69, 9.17) is 5.84 Å². The van der Waals surface area contributed by atoms with E-state index in [1.54, 1.807) is 0 Å². The smallest absolute Gasteiger partial charge is 0.0500 e. The summed E-state index contributed by atoms with van der Waals surface area (Å²) in [4.78, 5) is 0. The average Bonchev–Trinajstić information content (AvgIpc) is 2.45. The Morgan fingerprint density at radius 2 is 1.57 bits per heavy atom. The number of benzene rings is 2. The van der Waals surface area contributed by atoms with Crippen molar-refractivity contribution in [1.82, 2.24) is 5.43 Å². The van der Waals surface area contributed by atoms with Crippen molar-refractivity contribution in [2.75, 3.05) is 0 Å². The number of hydrazine groups is 1. The van der Waals surface area contributed by atoms with E-state index in [-0.39, 0.29) is 11.5 Å². The van der Waals surface area contributed by atoms with Gasteiger partial charge >= 0.3 is 0 Å². The predicted molar refractivity (Wildman–Crippen MR) is 98.1 cm³/mol. The lowest BCUT2D eigenvalue weighted by molar-refractivity contribution is 0.551. The molecule has 2 aromatic carbocycles. The molecule has 0 radical (unpaired) electrons. The van der Waals surface area contributed by atoms with Crippen LogP contribution in [0.15, 0.2) is 48.5 Å². The van der Waals surface area contributed by atoms with Crippen LogP contribution in [0.5, 0.6) is 0 Å². The third-order valence-corrected chi connectivity index (χ3v) is 4.45. The Morgan fingerprint density at radius 3 is 2.05 bits per heavy atom. The molecule has 0 aliphatic heterocycles. The standard InChI is InChI=1S/C18H23IN2/c1-18(2,3)15-8-4-13(5-9-15)12-17(21-20)14-6-10-16(19)11-7-14/h4-11,17,21H,12,20H2,1-3H3. The van der Waals surface area contributed by atoms with E-state index in [1.807, 2.05) is 0 Å². The van der Waals surface area contributed by atoms with E-state index in [0.717, 1.165) is 6.42 Å². The fourth-order valence-corrected chi connectivity index (χ4v) is 2.70. The van der Waals surface area contributed by atoms with Gasteiger partial charge in [-0.25, -0.2) is 0 Å². The van der Waals surface area contributed by atoms with Crippen LogP contribution in [0.2, 0.25) is 0 Å². The molecule has 0 fully saturated rings. The Hall–Kier alpha value is -0.910. The number of nitrogens with two attached hydrogens (primary N) is 1. The molecule has 1 unspecified atom stereocenters. The van der Waals surface area contributed by atoms with Crippen molar-refractivity contribution in [3.8, 4) is 0 Å². The SMILES string of the molecule is CC(C)(C)c1ccc(CC(NN)c2ccc(I)cc2)cc1. The number of rotatable bonds is 4. The molecule has 0 aromatic heterocycles. The summed E-state index contributed by atoms with van der Waals surface area (Å²) >= 11 is 2.31. The summed E-state index contributed by atoms with van der Waals surface area (Å²) in [6.07, 6.45) is 0.890. The molecule has 21 heavy (non-hydrogen) atoms. The van der Waals surface area contributed by atoms with Crippen LogP contribution in [0.25, 0.3) is 0 Å². The molecule has 0 aliphatic carbocycles. The molecule has 3 heteroatoms. The Kier molecular flexibility index (Phi) is 5.41. The zero-order valence-electron chi connectivity index (χ0n) is 12.9. The molecule has 2 rings (SSSR count). The van der Waals surface area contributed by atoms with E-state index >= 15 is 0 Å². The minimum Gasteiger partial charge on any atom is -0.271 e. The van der Waals surface area contributed by atoms with Crippen molar-refractivity contribution < 1.29 is 0 Å². The van der Waals surface area contributed by atoms with Gasteiger partial charge in [0.1, 0.15) is 0 Å². The highest BCUT2D eigenvalue weighted by atomic mass is 127. The van der Waals surface area contributed by atoms with Gasteiger partial charge in [-0.15, -0.1) is 0 Å². The summed E-state index contributed by atoms with van der Waals surface area (Å²) in [6, 6.07) is 17.5. The molecule has 2 aromatic rings. The molecule has 0 bridgehead atoms. The summed E-state index contributed by atoms with van der Waals surface area (Å²) in [5.74, 6) is 5.74. The minimum atomic E-state index is 0.141. The Morgan fingerprint density at radius 1 is 1.00 bits per heavy atom. The van der Waals surface area contributed by atoms with Gasteiger partial charge in [0.15, 0.2) is 0 Å². The van der Waals surface area contributed by atoms with Gasteiger partial charge in [0.2, 0.25) is 0 Å². The molecule has 0 aliphatic rings. The molecule has 2 nitrogen and oxygen atoms in total. The second-order valence-corrected chi connectivity index (χ2v) is 7.67. The molecular weight excluding hydrogens is 371 g/mol. The quantitative estimate of drug-likeness (QED) is 0.460. The lowest BCUT2D eigenvalue weighted by Crippen LogP contribution is -2.29. The monoisotopic (exact) mass is 394 g/mol. The molecule has 112 valence electrons. The summed E-state index contributed by atoms with van der Waals surface area (Å²) in [7, 11) is 0. The van der Waals surface area contributed by atoms with Crippen LogP contribution in [0.3, 0.4) is 0 Å². The third-order valence-electron chi connectivity index (χ3n) is 3.73. The summed E-state index contributed by atoms with van der Waals surface area (Å²) in [5, 5.41) is 0. The Labute approximate surface area is 141 Å². The summed E-state index contributed by atoms with van der Waals surface area (Å²) in [6.45, 7) is 6.70. The Balaban J connectivity index is 2.13. The van der Waals surface area contributed by atoms with Crippen molar-refractivity contribution in [3.63, 3.8) is 0 Å². The van der Waals surface area contributed by atoms with E-state index < -0.39 is 0 Å². The van der Waals surface area contributed by atoms with Gasteiger partial charge < -0.3 is 0 Å². The van der Waals surface area contributed by atoms with E-state index in [9.17, 15) is 0 Å². The maximum atomic E-state index is 5.74. The first-order valence-electron chi connectivity index (χ1n) is 7.21. The first-order valence-corrected chi connectivity index (χ1v) is 8.29. The first-order chi connectivity index (χ1) is 9.90. The molecular formula is C18H23IN2. The summed E-state index contributed by atoms with van der Waals surface area (Å²) < 4.78 is 1.24. The zero-order chi connectivity index (χ0) is 15.5.